The van der Waals surface area contributed by atoms with Crippen molar-refractivity contribution in [3.8, 4) is 34.4 Å². The van der Waals surface area contributed by atoms with Crippen LogP contribution in [-0.4, -0.2) is 23.8 Å². The highest BCUT2D eigenvalue weighted by molar-refractivity contribution is 6.13. The summed E-state index contributed by atoms with van der Waals surface area (Å²) in [6, 6.07) is 22.3. The maximum Gasteiger partial charge on any atom is 0.143 e. The monoisotopic (exact) mass is 419 g/mol. The predicted molar refractivity (Wildman–Crippen MR) is 127 cm³/mol. The first-order valence-electron chi connectivity index (χ1n) is 10.3. The topological polar surface area (TPSA) is 60.1 Å². The highest BCUT2D eigenvalue weighted by atomic mass is 16.5. The zero-order chi connectivity index (χ0) is 22.2. The molecule has 0 N–H and O–H groups in total. The number of rotatable bonds is 4. The number of aromatic nitrogens is 2. The Hall–Kier alpha value is -4.30. The second-order valence-corrected chi connectivity index (χ2v) is 7.58. The van der Waals surface area contributed by atoms with E-state index in [1.807, 2.05) is 42.5 Å². The van der Waals surface area contributed by atoms with Crippen molar-refractivity contribution in [2.45, 2.75) is 6.92 Å². The molecule has 32 heavy (non-hydrogen) atoms. The molecule has 156 valence electrons. The lowest BCUT2D eigenvalue weighted by atomic mass is 9.97. The number of aryl methyl sites for hydroxylation is 1. The Balaban J connectivity index is 1.92. The van der Waals surface area contributed by atoms with Crippen LogP contribution in [0.3, 0.4) is 0 Å². The molecule has 2 heterocycles. The van der Waals surface area contributed by atoms with Gasteiger partial charge in [0.25, 0.3) is 0 Å². The van der Waals surface area contributed by atoms with Crippen LogP contribution in [0.4, 0.5) is 0 Å². The smallest absolute Gasteiger partial charge is 0.143 e. The van der Waals surface area contributed by atoms with Crippen LogP contribution in [0.15, 0.2) is 73.1 Å². The van der Waals surface area contributed by atoms with Gasteiger partial charge in [-0.25, -0.2) is 0 Å². The van der Waals surface area contributed by atoms with Gasteiger partial charge in [0, 0.05) is 23.2 Å². The van der Waals surface area contributed by atoms with E-state index in [0.29, 0.717) is 5.56 Å². The standard InChI is InChI=1S/C27H21N3O2/c1-17-14-22(18-10-12-29-13-11-18)19(16-28)15-23(17)30-26-20(6-4-8-24(26)31-2)21-7-5-9-25(32-3)27(21)30/h4-15H,1-3H3. The molecule has 2 aromatic heterocycles. The van der Waals surface area contributed by atoms with Crippen LogP contribution in [0.1, 0.15) is 11.1 Å². The summed E-state index contributed by atoms with van der Waals surface area (Å²) in [5.74, 6) is 1.52. The quantitative estimate of drug-likeness (QED) is 0.356. The Labute approximate surface area is 186 Å². The summed E-state index contributed by atoms with van der Waals surface area (Å²) in [7, 11) is 3.35. The van der Waals surface area contributed by atoms with Crippen molar-refractivity contribution >= 4 is 21.8 Å². The number of nitriles is 1. The molecule has 0 aliphatic heterocycles. The summed E-state index contributed by atoms with van der Waals surface area (Å²) in [4.78, 5) is 4.10. The molecule has 5 rings (SSSR count). The lowest BCUT2D eigenvalue weighted by Crippen LogP contribution is -2.02. The van der Waals surface area contributed by atoms with E-state index in [0.717, 1.165) is 55.7 Å². The summed E-state index contributed by atoms with van der Waals surface area (Å²) in [6.07, 6.45) is 3.48. The van der Waals surface area contributed by atoms with Crippen LogP contribution in [0.5, 0.6) is 11.5 Å². The molecule has 0 saturated carbocycles. The fraction of sp³-hybridized carbons (Fsp3) is 0.111. The molecule has 0 saturated heterocycles. The zero-order valence-electron chi connectivity index (χ0n) is 18.1. The Morgan fingerprint density at radius 1 is 0.844 bits per heavy atom. The van der Waals surface area contributed by atoms with Gasteiger partial charge >= 0.3 is 0 Å². The summed E-state index contributed by atoms with van der Waals surface area (Å²) in [5, 5.41) is 12.1. The van der Waals surface area contributed by atoms with Crippen LogP contribution in [0.2, 0.25) is 0 Å². The molecule has 0 unspecified atom stereocenters. The summed E-state index contributed by atoms with van der Waals surface area (Å²) in [6.45, 7) is 2.06. The highest BCUT2D eigenvalue weighted by Crippen LogP contribution is 2.42. The van der Waals surface area contributed by atoms with Crippen LogP contribution >= 0.6 is 0 Å². The highest BCUT2D eigenvalue weighted by Gasteiger charge is 2.21. The molecule has 0 amide bonds. The van der Waals surface area contributed by atoms with Gasteiger partial charge in [0.1, 0.15) is 11.5 Å². The predicted octanol–water partition coefficient (Wildman–Crippen LogP) is 6.04. The molecular weight excluding hydrogens is 398 g/mol. The van der Waals surface area contributed by atoms with Crippen LogP contribution < -0.4 is 9.47 Å². The molecule has 0 spiro atoms. The van der Waals surface area contributed by atoms with E-state index in [1.165, 1.54) is 0 Å². The van der Waals surface area contributed by atoms with Gasteiger partial charge in [0.2, 0.25) is 0 Å². The van der Waals surface area contributed by atoms with Crippen LogP contribution in [0.25, 0.3) is 38.6 Å². The van der Waals surface area contributed by atoms with Gasteiger partial charge < -0.3 is 14.0 Å². The van der Waals surface area contributed by atoms with Crippen molar-refractivity contribution in [1.82, 2.24) is 9.55 Å². The minimum atomic E-state index is 0.594. The number of ether oxygens (including phenoxy) is 2. The Kier molecular flexibility index (Phi) is 4.76. The van der Waals surface area contributed by atoms with Crippen molar-refractivity contribution in [3.05, 3.63) is 84.2 Å². The van der Waals surface area contributed by atoms with E-state index >= 15 is 0 Å². The van der Waals surface area contributed by atoms with Crippen molar-refractivity contribution in [2.75, 3.05) is 14.2 Å². The van der Waals surface area contributed by atoms with E-state index in [4.69, 9.17) is 9.47 Å². The number of methoxy groups -OCH3 is 2. The van der Waals surface area contributed by atoms with Crippen molar-refractivity contribution in [1.29, 1.82) is 5.26 Å². The minimum Gasteiger partial charge on any atom is -0.495 e. The molecular formula is C27H21N3O2. The largest absolute Gasteiger partial charge is 0.495 e. The number of hydrogen-bond donors (Lipinski definition) is 0. The van der Waals surface area contributed by atoms with Crippen LogP contribution in [-0.2, 0) is 0 Å². The first-order chi connectivity index (χ1) is 15.7. The normalized spacial score (nSPS) is 10.9. The second-order valence-electron chi connectivity index (χ2n) is 7.58. The van der Waals surface area contributed by atoms with E-state index in [2.05, 4.69) is 40.7 Å². The second kappa shape index (κ2) is 7.75. The maximum absolute atomic E-state index is 10.00. The minimum absolute atomic E-state index is 0.594. The van der Waals surface area contributed by atoms with E-state index in [9.17, 15) is 5.26 Å². The first-order valence-corrected chi connectivity index (χ1v) is 10.3. The molecule has 3 aromatic carbocycles. The summed E-state index contributed by atoms with van der Waals surface area (Å²) >= 11 is 0. The number of nitrogens with zero attached hydrogens (tertiary/aromatic N) is 3. The number of benzene rings is 3. The van der Waals surface area contributed by atoms with Gasteiger partial charge in [-0.1, -0.05) is 24.3 Å². The zero-order valence-corrected chi connectivity index (χ0v) is 18.1. The number of para-hydroxylation sites is 2. The van der Waals surface area contributed by atoms with Crippen molar-refractivity contribution < 1.29 is 9.47 Å². The van der Waals surface area contributed by atoms with Gasteiger partial charge in [0.05, 0.1) is 42.6 Å². The fourth-order valence-corrected chi connectivity index (χ4v) is 4.42. The maximum atomic E-state index is 10.00. The summed E-state index contributed by atoms with van der Waals surface area (Å²) in [5.41, 5.74) is 6.27. The van der Waals surface area contributed by atoms with Gasteiger partial charge in [-0.15, -0.1) is 0 Å². The first kappa shape index (κ1) is 19.7. The van der Waals surface area contributed by atoms with Crippen molar-refractivity contribution in [3.63, 3.8) is 0 Å². The Morgan fingerprint density at radius 3 is 1.97 bits per heavy atom. The lowest BCUT2D eigenvalue weighted by Gasteiger charge is -2.16. The molecule has 5 nitrogen and oxygen atoms in total. The number of fused-ring (bicyclic) bond motifs is 3. The third-order valence-electron chi connectivity index (χ3n) is 5.86. The van der Waals surface area contributed by atoms with E-state index in [-0.39, 0.29) is 0 Å². The van der Waals surface area contributed by atoms with Crippen LogP contribution in [0, 0.1) is 18.3 Å². The van der Waals surface area contributed by atoms with Gasteiger partial charge in [-0.05, 0) is 60.0 Å². The molecule has 0 atom stereocenters. The number of hydrogen-bond acceptors (Lipinski definition) is 4. The third kappa shape index (κ3) is 2.89. The molecule has 0 aliphatic carbocycles. The molecule has 0 aliphatic rings. The Bertz CT molecular complexity index is 1450. The molecule has 5 aromatic rings. The number of pyridine rings is 1. The molecule has 5 heteroatoms. The van der Waals surface area contributed by atoms with Gasteiger partial charge in [-0.2, -0.15) is 5.26 Å². The molecule has 0 bridgehead atoms. The van der Waals surface area contributed by atoms with Gasteiger partial charge in [0.15, 0.2) is 0 Å². The fourth-order valence-electron chi connectivity index (χ4n) is 4.42. The Morgan fingerprint density at radius 2 is 1.44 bits per heavy atom. The average molecular weight is 419 g/mol. The third-order valence-corrected chi connectivity index (χ3v) is 5.86. The molecule has 0 fully saturated rings. The van der Waals surface area contributed by atoms with Crippen molar-refractivity contribution in [2.24, 2.45) is 0 Å². The average Bonchev–Trinajstić information content (AvgIpc) is 3.19. The van der Waals surface area contributed by atoms with Gasteiger partial charge in [-0.3, -0.25) is 4.98 Å². The lowest BCUT2D eigenvalue weighted by molar-refractivity contribution is 0.416. The SMILES string of the molecule is COc1cccc2c3cccc(OC)c3n(-c3cc(C#N)c(-c4ccncc4)cc3C)c12. The summed E-state index contributed by atoms with van der Waals surface area (Å²) < 4.78 is 13.6. The van der Waals surface area contributed by atoms with E-state index < -0.39 is 0 Å². The molecule has 0 radical (unpaired) electrons. The van der Waals surface area contributed by atoms with E-state index in [1.54, 1.807) is 26.6 Å².